The van der Waals surface area contributed by atoms with E-state index < -0.39 is 13.0 Å². The van der Waals surface area contributed by atoms with Gasteiger partial charge in [0, 0.05) is 12.5 Å². The molecule has 4 heteroatoms. The SMILES string of the molecule is FC(F)COCCCCCCCl. The minimum absolute atomic E-state index is 0.435. The molecule has 0 aromatic heterocycles. The lowest BCUT2D eigenvalue weighted by Gasteiger charge is -2.02. The van der Waals surface area contributed by atoms with E-state index in [0.29, 0.717) is 12.5 Å². The van der Waals surface area contributed by atoms with Gasteiger partial charge in [0.25, 0.3) is 6.43 Å². The van der Waals surface area contributed by atoms with E-state index >= 15 is 0 Å². The summed E-state index contributed by atoms with van der Waals surface area (Å²) in [5.41, 5.74) is 0. The third-order valence-corrected chi connectivity index (χ3v) is 1.68. The quantitative estimate of drug-likeness (QED) is 0.432. The summed E-state index contributed by atoms with van der Waals surface area (Å²) in [5.74, 6) is 0.678. The number of halogens is 3. The molecule has 74 valence electrons. The molecular weight excluding hydrogens is 186 g/mol. The number of ether oxygens (including phenoxy) is 1. The zero-order valence-electron chi connectivity index (χ0n) is 7.07. The molecule has 0 rings (SSSR count). The molecule has 0 amide bonds. The van der Waals surface area contributed by atoms with Crippen LogP contribution in [-0.2, 0) is 4.74 Å². The molecule has 0 aliphatic carbocycles. The van der Waals surface area contributed by atoms with E-state index in [1.54, 1.807) is 0 Å². The summed E-state index contributed by atoms with van der Waals surface area (Å²) in [6.07, 6.45) is 1.57. The second-order valence-electron chi connectivity index (χ2n) is 2.57. The van der Waals surface area contributed by atoms with Crippen molar-refractivity contribution in [3.8, 4) is 0 Å². The smallest absolute Gasteiger partial charge is 0.261 e. The summed E-state index contributed by atoms with van der Waals surface area (Å²) in [7, 11) is 0. The number of alkyl halides is 3. The average Bonchev–Trinajstić information content (AvgIpc) is 2.02. The standard InChI is InChI=1S/C8H15ClF2O/c9-5-3-1-2-4-6-12-7-8(10)11/h8H,1-7H2. The van der Waals surface area contributed by atoms with Crippen molar-refractivity contribution in [2.24, 2.45) is 0 Å². The minimum Gasteiger partial charge on any atom is -0.376 e. The van der Waals surface area contributed by atoms with Gasteiger partial charge in [-0.05, 0) is 12.8 Å². The fourth-order valence-corrected chi connectivity index (χ4v) is 1.01. The summed E-state index contributed by atoms with van der Waals surface area (Å²) in [4.78, 5) is 0. The molecule has 0 spiro atoms. The first-order chi connectivity index (χ1) is 5.77. The molecule has 0 saturated carbocycles. The highest BCUT2D eigenvalue weighted by Crippen LogP contribution is 2.01. The highest BCUT2D eigenvalue weighted by Gasteiger charge is 2.00. The van der Waals surface area contributed by atoms with Gasteiger partial charge in [0.1, 0.15) is 6.61 Å². The summed E-state index contributed by atoms with van der Waals surface area (Å²) in [6, 6.07) is 0. The second kappa shape index (κ2) is 9.20. The van der Waals surface area contributed by atoms with Crippen LogP contribution in [0.3, 0.4) is 0 Å². The third-order valence-electron chi connectivity index (χ3n) is 1.42. The summed E-state index contributed by atoms with van der Waals surface area (Å²) in [5, 5.41) is 0. The molecule has 0 radical (unpaired) electrons. The van der Waals surface area contributed by atoms with Gasteiger partial charge < -0.3 is 4.74 Å². The summed E-state index contributed by atoms with van der Waals surface area (Å²) >= 11 is 5.45. The fourth-order valence-electron chi connectivity index (χ4n) is 0.825. The summed E-state index contributed by atoms with van der Waals surface area (Å²) in [6.45, 7) is 0.00211. The van der Waals surface area contributed by atoms with Gasteiger partial charge in [-0.25, -0.2) is 8.78 Å². The molecule has 0 saturated heterocycles. The zero-order valence-corrected chi connectivity index (χ0v) is 7.83. The van der Waals surface area contributed by atoms with Crippen LogP contribution < -0.4 is 0 Å². The first kappa shape index (κ1) is 12.1. The van der Waals surface area contributed by atoms with Gasteiger partial charge >= 0.3 is 0 Å². The van der Waals surface area contributed by atoms with E-state index in [4.69, 9.17) is 16.3 Å². The largest absolute Gasteiger partial charge is 0.376 e. The zero-order chi connectivity index (χ0) is 9.23. The van der Waals surface area contributed by atoms with E-state index in [-0.39, 0.29) is 0 Å². The van der Waals surface area contributed by atoms with Crippen molar-refractivity contribution in [1.29, 1.82) is 0 Å². The van der Waals surface area contributed by atoms with E-state index in [0.717, 1.165) is 25.7 Å². The van der Waals surface area contributed by atoms with Crippen LogP contribution in [0.15, 0.2) is 0 Å². The lowest BCUT2D eigenvalue weighted by Crippen LogP contribution is -2.05. The van der Waals surface area contributed by atoms with Crippen LogP contribution >= 0.6 is 11.6 Å². The number of unbranched alkanes of at least 4 members (excludes halogenated alkanes) is 3. The molecule has 0 N–H and O–H groups in total. The molecule has 0 atom stereocenters. The highest BCUT2D eigenvalue weighted by molar-refractivity contribution is 6.17. The molecule has 0 aromatic carbocycles. The molecule has 0 bridgehead atoms. The van der Waals surface area contributed by atoms with Crippen molar-refractivity contribution < 1.29 is 13.5 Å². The molecule has 0 aliphatic rings. The van der Waals surface area contributed by atoms with Crippen LogP contribution in [0.1, 0.15) is 25.7 Å². The Morgan fingerprint density at radius 2 is 1.75 bits per heavy atom. The average molecular weight is 201 g/mol. The molecule has 0 fully saturated rings. The fraction of sp³-hybridized carbons (Fsp3) is 1.00. The van der Waals surface area contributed by atoms with Gasteiger partial charge in [-0.1, -0.05) is 12.8 Å². The van der Waals surface area contributed by atoms with Crippen molar-refractivity contribution in [2.45, 2.75) is 32.1 Å². The molecule has 0 aromatic rings. The Labute approximate surface area is 77.0 Å². The predicted molar refractivity (Wildman–Crippen MR) is 46.0 cm³/mol. The monoisotopic (exact) mass is 200 g/mol. The van der Waals surface area contributed by atoms with Crippen LogP contribution in [-0.4, -0.2) is 25.5 Å². The van der Waals surface area contributed by atoms with Crippen LogP contribution in [0.4, 0.5) is 8.78 Å². The highest BCUT2D eigenvalue weighted by atomic mass is 35.5. The van der Waals surface area contributed by atoms with Gasteiger partial charge in [0.05, 0.1) is 0 Å². The van der Waals surface area contributed by atoms with E-state index in [1.807, 2.05) is 0 Å². The predicted octanol–water partition coefficient (Wildman–Crippen LogP) is 3.07. The van der Waals surface area contributed by atoms with Crippen molar-refractivity contribution in [3.05, 3.63) is 0 Å². The van der Waals surface area contributed by atoms with Gasteiger partial charge in [0.15, 0.2) is 0 Å². The third kappa shape index (κ3) is 10.1. The molecule has 0 aliphatic heterocycles. The van der Waals surface area contributed by atoms with Crippen molar-refractivity contribution >= 4 is 11.6 Å². The minimum atomic E-state index is -2.34. The Morgan fingerprint density at radius 3 is 2.33 bits per heavy atom. The van der Waals surface area contributed by atoms with Crippen LogP contribution in [0.5, 0.6) is 0 Å². The van der Waals surface area contributed by atoms with E-state index in [9.17, 15) is 8.78 Å². The normalized spacial score (nSPS) is 11.0. The van der Waals surface area contributed by atoms with Gasteiger partial charge in [-0.15, -0.1) is 11.6 Å². The van der Waals surface area contributed by atoms with E-state index in [1.165, 1.54) is 0 Å². The van der Waals surface area contributed by atoms with Gasteiger partial charge in [-0.3, -0.25) is 0 Å². The van der Waals surface area contributed by atoms with Gasteiger partial charge in [0.2, 0.25) is 0 Å². The summed E-state index contributed by atoms with van der Waals surface area (Å²) < 4.78 is 27.7. The lowest BCUT2D eigenvalue weighted by atomic mass is 10.2. The molecule has 12 heavy (non-hydrogen) atoms. The Kier molecular flexibility index (Phi) is 9.28. The Morgan fingerprint density at radius 1 is 1.08 bits per heavy atom. The van der Waals surface area contributed by atoms with Crippen LogP contribution in [0.2, 0.25) is 0 Å². The topological polar surface area (TPSA) is 9.23 Å². The second-order valence-corrected chi connectivity index (χ2v) is 2.95. The van der Waals surface area contributed by atoms with E-state index in [2.05, 4.69) is 0 Å². The first-order valence-electron chi connectivity index (χ1n) is 4.19. The van der Waals surface area contributed by atoms with Crippen molar-refractivity contribution in [3.63, 3.8) is 0 Å². The number of hydrogen-bond acceptors (Lipinski definition) is 1. The van der Waals surface area contributed by atoms with Crippen molar-refractivity contribution in [2.75, 3.05) is 19.1 Å². The number of rotatable bonds is 8. The van der Waals surface area contributed by atoms with Crippen molar-refractivity contribution in [1.82, 2.24) is 0 Å². The molecule has 1 nitrogen and oxygen atoms in total. The maximum absolute atomic E-state index is 11.5. The maximum Gasteiger partial charge on any atom is 0.261 e. The Balaban J connectivity index is 2.82. The Hall–Kier alpha value is 0.110. The molecular formula is C8H15ClF2O. The molecule has 0 heterocycles. The first-order valence-corrected chi connectivity index (χ1v) is 4.72. The van der Waals surface area contributed by atoms with Crippen LogP contribution in [0, 0.1) is 0 Å². The Bertz CT molecular complexity index is 91.1. The van der Waals surface area contributed by atoms with Crippen LogP contribution in [0.25, 0.3) is 0 Å². The lowest BCUT2D eigenvalue weighted by molar-refractivity contribution is 0.0162. The number of hydrogen-bond donors (Lipinski definition) is 0. The van der Waals surface area contributed by atoms with Gasteiger partial charge in [-0.2, -0.15) is 0 Å². The molecule has 0 unspecified atom stereocenters. The maximum atomic E-state index is 11.5.